The van der Waals surface area contributed by atoms with Gasteiger partial charge in [0.05, 0.1) is 6.54 Å². The van der Waals surface area contributed by atoms with E-state index in [4.69, 9.17) is 0 Å². The van der Waals surface area contributed by atoms with E-state index < -0.39 is 6.10 Å². The van der Waals surface area contributed by atoms with Crippen molar-refractivity contribution in [2.24, 2.45) is 0 Å². The van der Waals surface area contributed by atoms with E-state index in [1.165, 1.54) is 17.7 Å². The topological polar surface area (TPSA) is 50.9 Å². The Hall–Kier alpha value is -2.53. The van der Waals surface area contributed by atoms with Gasteiger partial charge in [-0.05, 0) is 24.6 Å². The molecule has 2 aromatic carbocycles. The summed E-state index contributed by atoms with van der Waals surface area (Å²) >= 11 is 0. The Kier molecular flexibility index (Phi) is 5.80. The molecule has 0 saturated heterocycles. The van der Waals surface area contributed by atoms with Crippen molar-refractivity contribution >= 4 is 0 Å². The summed E-state index contributed by atoms with van der Waals surface area (Å²) in [6.45, 7) is 2.37. The van der Waals surface area contributed by atoms with Crippen LogP contribution in [0.15, 0.2) is 67.0 Å². The van der Waals surface area contributed by atoms with Crippen molar-refractivity contribution in [2.75, 3.05) is 0 Å². The molecule has 1 atom stereocenters. The van der Waals surface area contributed by atoms with Gasteiger partial charge in [-0.1, -0.05) is 48.5 Å². The summed E-state index contributed by atoms with van der Waals surface area (Å²) < 4.78 is 13.8. The second-order valence-electron chi connectivity index (χ2n) is 4.77. The molecule has 1 unspecified atom stereocenters. The Balaban J connectivity index is 0.000000211. The van der Waals surface area contributed by atoms with E-state index >= 15 is 0 Å². The summed E-state index contributed by atoms with van der Waals surface area (Å²) in [5.74, 6) is 0.418. The third kappa shape index (κ3) is 4.79. The van der Waals surface area contributed by atoms with Gasteiger partial charge in [0.1, 0.15) is 18.2 Å². The fraction of sp³-hybridized carbons (Fsp3) is 0.176. The summed E-state index contributed by atoms with van der Waals surface area (Å²) in [5, 5.41) is 17.1. The molecule has 4 nitrogen and oxygen atoms in total. The first-order valence-electron chi connectivity index (χ1n) is 6.97. The zero-order valence-corrected chi connectivity index (χ0v) is 12.3. The lowest BCUT2D eigenvalue weighted by atomic mass is 10.2. The van der Waals surface area contributed by atoms with Crippen LogP contribution in [0.4, 0.5) is 4.39 Å². The Morgan fingerprint density at radius 1 is 1.05 bits per heavy atom. The van der Waals surface area contributed by atoms with Crippen LogP contribution in [0.5, 0.6) is 0 Å². The van der Waals surface area contributed by atoms with Gasteiger partial charge in [0.2, 0.25) is 0 Å². The molecule has 0 fully saturated rings. The van der Waals surface area contributed by atoms with Gasteiger partial charge in [-0.2, -0.15) is 0 Å². The van der Waals surface area contributed by atoms with Crippen molar-refractivity contribution in [2.45, 2.75) is 19.6 Å². The van der Waals surface area contributed by atoms with Crippen molar-refractivity contribution < 1.29 is 9.50 Å². The molecule has 0 aliphatic heterocycles. The highest BCUT2D eigenvalue weighted by molar-refractivity contribution is 5.15. The number of nitrogens with zero attached hydrogens (tertiary/aromatic N) is 3. The van der Waals surface area contributed by atoms with Crippen LogP contribution in [-0.2, 0) is 6.54 Å². The molecule has 0 spiro atoms. The standard InChI is InChI=1S/C11H13N3O.C6H5F/c1-9(15)11-13-12-8-14(11)7-10-5-3-2-4-6-10;7-6-4-2-1-3-5-6/h2-6,8-9,15H,7H2,1H3;1-5H. The van der Waals surface area contributed by atoms with Crippen LogP contribution < -0.4 is 0 Å². The van der Waals surface area contributed by atoms with Gasteiger partial charge in [0, 0.05) is 0 Å². The normalized spacial score (nSPS) is 11.4. The molecule has 0 saturated carbocycles. The van der Waals surface area contributed by atoms with Crippen LogP contribution >= 0.6 is 0 Å². The minimum Gasteiger partial charge on any atom is -0.385 e. The Labute approximate surface area is 128 Å². The van der Waals surface area contributed by atoms with E-state index in [0.29, 0.717) is 12.4 Å². The maximum atomic E-state index is 11.9. The quantitative estimate of drug-likeness (QED) is 0.808. The van der Waals surface area contributed by atoms with Crippen LogP contribution in [0.3, 0.4) is 0 Å². The zero-order chi connectivity index (χ0) is 15.8. The average molecular weight is 299 g/mol. The molecule has 0 radical (unpaired) electrons. The van der Waals surface area contributed by atoms with Crippen molar-refractivity contribution in [1.29, 1.82) is 0 Å². The molecule has 1 N–H and O–H groups in total. The van der Waals surface area contributed by atoms with Crippen molar-refractivity contribution in [3.63, 3.8) is 0 Å². The fourth-order valence-corrected chi connectivity index (χ4v) is 1.90. The summed E-state index contributed by atoms with van der Waals surface area (Å²) in [6, 6.07) is 18.0. The molecule has 3 aromatic rings. The van der Waals surface area contributed by atoms with Gasteiger partial charge in [-0.25, -0.2) is 4.39 Å². The number of rotatable bonds is 3. The first kappa shape index (κ1) is 15.9. The lowest BCUT2D eigenvalue weighted by molar-refractivity contribution is 0.184. The minimum atomic E-state index is -0.587. The first-order valence-corrected chi connectivity index (χ1v) is 6.97. The number of hydrogen-bond donors (Lipinski definition) is 1. The Morgan fingerprint density at radius 3 is 2.14 bits per heavy atom. The van der Waals surface area contributed by atoms with Crippen LogP contribution in [-0.4, -0.2) is 19.9 Å². The van der Waals surface area contributed by atoms with Crippen LogP contribution in [0, 0.1) is 5.82 Å². The summed E-state index contributed by atoms with van der Waals surface area (Å²) in [6.07, 6.45) is 1.05. The fourth-order valence-electron chi connectivity index (χ4n) is 1.90. The molecule has 114 valence electrons. The molecular formula is C17H18FN3O. The molecule has 22 heavy (non-hydrogen) atoms. The second-order valence-corrected chi connectivity index (χ2v) is 4.77. The molecular weight excluding hydrogens is 281 g/mol. The Morgan fingerprint density at radius 2 is 1.64 bits per heavy atom. The maximum absolute atomic E-state index is 11.9. The smallest absolute Gasteiger partial charge is 0.161 e. The maximum Gasteiger partial charge on any atom is 0.161 e. The zero-order valence-electron chi connectivity index (χ0n) is 12.3. The average Bonchev–Trinajstić information content (AvgIpc) is 2.98. The van der Waals surface area contributed by atoms with Crippen LogP contribution in [0.25, 0.3) is 0 Å². The van der Waals surface area contributed by atoms with Gasteiger partial charge in [0.25, 0.3) is 0 Å². The molecule has 0 aliphatic rings. The predicted molar refractivity (Wildman–Crippen MR) is 82.6 cm³/mol. The van der Waals surface area contributed by atoms with Crippen LogP contribution in [0.2, 0.25) is 0 Å². The van der Waals surface area contributed by atoms with Crippen molar-refractivity contribution in [3.8, 4) is 0 Å². The number of aliphatic hydroxyl groups is 1. The number of aromatic nitrogens is 3. The molecule has 1 aromatic heterocycles. The number of halogens is 1. The van der Waals surface area contributed by atoms with Gasteiger partial charge in [-0.3, -0.25) is 0 Å². The molecule has 5 heteroatoms. The molecule has 0 aliphatic carbocycles. The SMILES string of the molecule is CC(O)c1nncn1Cc1ccccc1.Fc1ccccc1. The van der Waals surface area contributed by atoms with E-state index in [1.807, 2.05) is 34.9 Å². The molecule has 0 bridgehead atoms. The largest absolute Gasteiger partial charge is 0.385 e. The van der Waals surface area contributed by atoms with Crippen molar-refractivity contribution in [1.82, 2.24) is 14.8 Å². The van der Waals surface area contributed by atoms with Crippen LogP contribution in [0.1, 0.15) is 24.4 Å². The third-order valence-corrected chi connectivity index (χ3v) is 2.95. The molecule has 3 rings (SSSR count). The van der Waals surface area contributed by atoms with E-state index in [0.717, 1.165) is 0 Å². The summed E-state index contributed by atoms with van der Waals surface area (Å²) in [5.41, 5.74) is 1.17. The number of hydrogen-bond acceptors (Lipinski definition) is 3. The highest BCUT2D eigenvalue weighted by atomic mass is 19.1. The molecule has 0 amide bonds. The third-order valence-electron chi connectivity index (χ3n) is 2.95. The van der Waals surface area contributed by atoms with Crippen molar-refractivity contribution in [3.05, 3.63) is 84.2 Å². The lowest BCUT2D eigenvalue weighted by Gasteiger charge is -2.07. The Bertz CT molecular complexity index is 669. The summed E-state index contributed by atoms with van der Waals surface area (Å²) in [4.78, 5) is 0. The van der Waals surface area contributed by atoms with Gasteiger partial charge in [0.15, 0.2) is 5.82 Å². The predicted octanol–water partition coefficient (Wildman–Crippen LogP) is 3.21. The monoisotopic (exact) mass is 299 g/mol. The minimum absolute atomic E-state index is 0.178. The second kappa shape index (κ2) is 8.05. The number of benzene rings is 2. The highest BCUT2D eigenvalue weighted by Gasteiger charge is 2.09. The summed E-state index contributed by atoms with van der Waals surface area (Å²) in [7, 11) is 0. The lowest BCUT2D eigenvalue weighted by Crippen LogP contribution is -2.06. The first-order chi connectivity index (χ1) is 10.7. The van der Waals surface area contributed by atoms with E-state index in [-0.39, 0.29) is 5.82 Å². The van der Waals surface area contributed by atoms with Gasteiger partial charge in [-0.15, -0.1) is 10.2 Å². The van der Waals surface area contributed by atoms with E-state index in [1.54, 1.807) is 31.5 Å². The van der Waals surface area contributed by atoms with E-state index in [2.05, 4.69) is 10.2 Å². The van der Waals surface area contributed by atoms with E-state index in [9.17, 15) is 9.50 Å². The molecule has 1 heterocycles. The highest BCUT2D eigenvalue weighted by Crippen LogP contribution is 2.10. The van der Waals surface area contributed by atoms with Gasteiger partial charge >= 0.3 is 0 Å². The van der Waals surface area contributed by atoms with Gasteiger partial charge < -0.3 is 9.67 Å². The number of aliphatic hydroxyl groups excluding tert-OH is 1.